The highest BCUT2D eigenvalue weighted by Crippen LogP contribution is 2.48. The molecule has 2 heterocycles. The molecule has 0 radical (unpaired) electrons. The van der Waals surface area contributed by atoms with Crippen LogP contribution in [0.25, 0.3) is 0 Å². The molecule has 2 aliphatic rings. The predicted octanol–water partition coefficient (Wildman–Crippen LogP) is 3.07. The molecule has 0 aromatic heterocycles. The van der Waals surface area contributed by atoms with Crippen LogP contribution in [0.3, 0.4) is 0 Å². The van der Waals surface area contributed by atoms with Crippen molar-refractivity contribution in [2.45, 2.75) is 12.0 Å². The number of thioether (sulfide) groups is 1. The Morgan fingerprint density at radius 3 is 2.50 bits per heavy atom. The molecule has 0 unspecified atom stereocenters. The molecule has 1 fully saturated rings. The monoisotopic (exact) mass is 420 g/mol. The van der Waals surface area contributed by atoms with Gasteiger partial charge in [0.2, 0.25) is 0 Å². The average molecular weight is 420 g/mol. The molecule has 3 rings (SSSR count). The van der Waals surface area contributed by atoms with Gasteiger partial charge in [-0.15, -0.1) is 11.8 Å². The summed E-state index contributed by atoms with van der Waals surface area (Å²) in [5.74, 6) is 1.03. The van der Waals surface area contributed by atoms with E-state index in [0.717, 1.165) is 20.8 Å². The van der Waals surface area contributed by atoms with E-state index >= 15 is 0 Å². The fourth-order valence-corrected chi connectivity index (χ4v) is 5.32. The zero-order chi connectivity index (χ0) is 15.7. The third-order valence-electron chi connectivity index (χ3n) is 3.89. The number of alkyl halides is 1. The summed E-state index contributed by atoms with van der Waals surface area (Å²) in [6.45, 7) is 0. The van der Waals surface area contributed by atoms with Crippen molar-refractivity contribution in [1.29, 1.82) is 10.5 Å². The van der Waals surface area contributed by atoms with Crippen LogP contribution in [0.1, 0.15) is 11.5 Å². The number of nitriles is 2. The van der Waals surface area contributed by atoms with Crippen molar-refractivity contribution in [1.82, 2.24) is 4.90 Å². The van der Waals surface area contributed by atoms with E-state index in [-0.39, 0.29) is 12.0 Å². The summed E-state index contributed by atoms with van der Waals surface area (Å²) >= 11 is 3.98. The fourth-order valence-electron chi connectivity index (χ4n) is 2.87. The lowest BCUT2D eigenvalue weighted by Gasteiger charge is -2.34. The van der Waals surface area contributed by atoms with Crippen LogP contribution in [0.4, 0.5) is 0 Å². The molecule has 2 atom stereocenters. The summed E-state index contributed by atoms with van der Waals surface area (Å²) in [5.41, 5.74) is 8.35. The Kier molecular flexibility index (Phi) is 4.32. The number of hydrogen-bond donors (Lipinski definition) is 1. The van der Waals surface area contributed by atoms with Crippen LogP contribution < -0.4 is 5.73 Å². The second kappa shape index (κ2) is 6.23. The molecule has 22 heavy (non-hydrogen) atoms. The van der Waals surface area contributed by atoms with Gasteiger partial charge in [-0.25, -0.2) is 0 Å². The number of allylic oxidation sites excluding steroid dienone is 2. The van der Waals surface area contributed by atoms with Crippen molar-refractivity contribution in [3.05, 3.63) is 57.9 Å². The number of rotatable bonds is 2. The molecule has 6 heteroatoms. The highest BCUT2D eigenvalue weighted by atomic mass is 127. The van der Waals surface area contributed by atoms with Gasteiger partial charge in [-0.05, 0) is 5.56 Å². The second-order valence-corrected chi connectivity index (χ2v) is 6.96. The first kappa shape index (κ1) is 15.3. The third kappa shape index (κ3) is 2.27. The number of nitrogens with two attached hydrogens (primary N) is 1. The smallest absolute Gasteiger partial charge is 0.119 e. The Morgan fingerprint density at radius 1 is 1.23 bits per heavy atom. The van der Waals surface area contributed by atoms with Gasteiger partial charge in [0.05, 0.1) is 40.3 Å². The van der Waals surface area contributed by atoms with Gasteiger partial charge < -0.3 is 10.6 Å². The minimum atomic E-state index is -0.358. The van der Waals surface area contributed by atoms with Crippen LogP contribution >= 0.6 is 34.4 Å². The highest BCUT2D eigenvalue weighted by molar-refractivity contribution is 14.1. The van der Waals surface area contributed by atoms with E-state index in [2.05, 4.69) is 34.7 Å². The van der Waals surface area contributed by atoms with Gasteiger partial charge in [0.15, 0.2) is 0 Å². The van der Waals surface area contributed by atoms with E-state index < -0.39 is 0 Å². The quantitative estimate of drug-likeness (QED) is 0.588. The molecule has 4 nitrogen and oxygen atoms in total. The second-order valence-electron chi connectivity index (χ2n) is 5.07. The number of halogens is 1. The lowest BCUT2D eigenvalue weighted by atomic mass is 9.83. The van der Waals surface area contributed by atoms with Crippen LogP contribution in [0.2, 0.25) is 0 Å². The number of nitrogens with zero attached hydrogens (tertiary/aromatic N) is 3. The Morgan fingerprint density at radius 2 is 1.91 bits per heavy atom. The first-order valence-electron chi connectivity index (χ1n) is 6.79. The summed E-state index contributed by atoms with van der Waals surface area (Å²) in [7, 11) is 0. The van der Waals surface area contributed by atoms with Crippen molar-refractivity contribution in [3.8, 4) is 12.1 Å². The van der Waals surface area contributed by atoms with Crippen molar-refractivity contribution in [2.24, 2.45) is 5.73 Å². The predicted molar refractivity (Wildman–Crippen MR) is 95.6 cm³/mol. The summed E-state index contributed by atoms with van der Waals surface area (Å²) in [6.07, 6.45) is 0. The van der Waals surface area contributed by atoms with Gasteiger partial charge in [-0.3, -0.25) is 0 Å². The maximum absolute atomic E-state index is 9.71. The molecule has 1 aromatic carbocycles. The van der Waals surface area contributed by atoms with Gasteiger partial charge in [-0.1, -0.05) is 52.9 Å². The Hall–Kier alpha value is -1.64. The topological polar surface area (TPSA) is 76.8 Å². The molecule has 110 valence electrons. The molecule has 0 amide bonds. The molecule has 0 bridgehead atoms. The van der Waals surface area contributed by atoms with Crippen molar-refractivity contribution in [2.75, 3.05) is 10.2 Å². The van der Waals surface area contributed by atoms with Crippen LogP contribution in [0.15, 0.2) is 52.3 Å². The van der Waals surface area contributed by atoms with Gasteiger partial charge in [0.1, 0.15) is 5.82 Å². The zero-order valence-corrected chi connectivity index (χ0v) is 14.6. The van der Waals surface area contributed by atoms with Crippen molar-refractivity contribution < 1.29 is 0 Å². The summed E-state index contributed by atoms with van der Waals surface area (Å²) < 4.78 is 0.905. The minimum absolute atomic E-state index is 0.240. The van der Waals surface area contributed by atoms with Crippen molar-refractivity contribution >= 4 is 34.4 Å². The van der Waals surface area contributed by atoms with E-state index in [0.29, 0.717) is 17.0 Å². The standard InChI is InChI=1S/C16H13IN4S/c17-6-11-9-22-16-13(8-19)14(10-4-2-1-3-5-10)12(7-18)15(20)21(11)16/h1-5,11,14H,6,9,20H2/t11-,14+/m0/s1. The van der Waals surface area contributed by atoms with E-state index in [1.54, 1.807) is 11.8 Å². The lowest BCUT2D eigenvalue weighted by molar-refractivity contribution is 0.384. The molecular formula is C16H13IN4S. The average Bonchev–Trinajstić information content (AvgIpc) is 2.99. The number of fused-ring (bicyclic) bond motifs is 1. The van der Waals surface area contributed by atoms with Crippen LogP contribution in [-0.2, 0) is 0 Å². The minimum Gasteiger partial charge on any atom is -0.384 e. The maximum Gasteiger partial charge on any atom is 0.119 e. The molecule has 2 aliphatic heterocycles. The molecule has 1 saturated heterocycles. The largest absolute Gasteiger partial charge is 0.384 e. The maximum atomic E-state index is 9.71. The van der Waals surface area contributed by atoms with Crippen LogP contribution in [0, 0.1) is 22.7 Å². The molecule has 2 N–H and O–H groups in total. The van der Waals surface area contributed by atoms with Crippen LogP contribution in [-0.4, -0.2) is 21.1 Å². The van der Waals surface area contributed by atoms with E-state index in [1.165, 1.54) is 0 Å². The van der Waals surface area contributed by atoms with Gasteiger partial charge in [-0.2, -0.15) is 10.5 Å². The van der Waals surface area contributed by atoms with Gasteiger partial charge >= 0.3 is 0 Å². The van der Waals surface area contributed by atoms with Gasteiger partial charge in [0, 0.05) is 10.2 Å². The van der Waals surface area contributed by atoms with Crippen molar-refractivity contribution in [3.63, 3.8) is 0 Å². The van der Waals surface area contributed by atoms with E-state index in [1.807, 2.05) is 35.2 Å². The van der Waals surface area contributed by atoms with E-state index in [9.17, 15) is 10.5 Å². The number of hydrogen-bond acceptors (Lipinski definition) is 5. The lowest BCUT2D eigenvalue weighted by Crippen LogP contribution is -2.38. The Labute approximate surface area is 147 Å². The van der Waals surface area contributed by atoms with Crippen LogP contribution in [0.5, 0.6) is 0 Å². The van der Waals surface area contributed by atoms with Gasteiger partial charge in [0.25, 0.3) is 0 Å². The molecular weight excluding hydrogens is 407 g/mol. The fraction of sp³-hybridized carbons (Fsp3) is 0.250. The molecule has 0 spiro atoms. The summed E-state index contributed by atoms with van der Waals surface area (Å²) in [5, 5.41) is 20.2. The zero-order valence-electron chi connectivity index (χ0n) is 11.7. The highest BCUT2D eigenvalue weighted by Gasteiger charge is 2.41. The normalized spacial score (nSPS) is 24.0. The number of benzene rings is 1. The van der Waals surface area contributed by atoms with E-state index in [4.69, 9.17) is 5.73 Å². The first-order chi connectivity index (χ1) is 10.7. The summed E-state index contributed by atoms with van der Waals surface area (Å²) in [6, 6.07) is 14.5. The summed E-state index contributed by atoms with van der Waals surface area (Å²) in [4.78, 5) is 1.98. The molecule has 0 saturated carbocycles. The molecule has 1 aromatic rings. The third-order valence-corrected chi connectivity index (χ3v) is 6.15. The Bertz CT molecular complexity index is 742. The first-order valence-corrected chi connectivity index (χ1v) is 9.31. The Balaban J connectivity index is 2.21. The SMILES string of the molecule is N#CC1=C(N)N2C(=C(C#N)[C@@H]1c1ccccc1)SC[C@@H]2CI. The molecule has 0 aliphatic carbocycles.